The minimum atomic E-state index is -0.224. The summed E-state index contributed by atoms with van der Waals surface area (Å²) in [6, 6.07) is 9.49. The van der Waals surface area contributed by atoms with Crippen molar-refractivity contribution in [2.45, 2.75) is 6.92 Å². The number of rotatable bonds is 3. The Balaban J connectivity index is 2.42. The lowest BCUT2D eigenvalue weighted by atomic mass is 10.1. The molecule has 1 amide bonds. The maximum absolute atomic E-state index is 12.1. The van der Waals surface area contributed by atoms with Crippen molar-refractivity contribution in [3.63, 3.8) is 0 Å². The molecule has 0 atom stereocenters. The van der Waals surface area contributed by atoms with E-state index in [9.17, 15) is 4.79 Å². The number of carbonyl (C=O) groups is 1. The van der Waals surface area contributed by atoms with Crippen LogP contribution in [-0.4, -0.2) is 30.2 Å². The SMILES string of the molecule is Cc1onc(-c2ccccc2)c1C(=O)NN(C)C. The van der Waals surface area contributed by atoms with E-state index in [1.807, 2.05) is 30.3 Å². The van der Waals surface area contributed by atoms with Gasteiger partial charge in [-0.15, -0.1) is 0 Å². The summed E-state index contributed by atoms with van der Waals surface area (Å²) in [7, 11) is 3.51. The number of nitrogens with one attached hydrogen (secondary N) is 1. The lowest BCUT2D eigenvalue weighted by molar-refractivity contribution is 0.0856. The van der Waals surface area contributed by atoms with Crippen molar-refractivity contribution in [1.82, 2.24) is 15.6 Å². The highest BCUT2D eigenvalue weighted by Crippen LogP contribution is 2.24. The van der Waals surface area contributed by atoms with E-state index in [0.29, 0.717) is 17.0 Å². The normalized spacial score (nSPS) is 10.7. The van der Waals surface area contributed by atoms with Crippen LogP contribution in [-0.2, 0) is 0 Å². The van der Waals surface area contributed by atoms with Crippen molar-refractivity contribution in [1.29, 1.82) is 0 Å². The van der Waals surface area contributed by atoms with Crippen molar-refractivity contribution in [3.05, 3.63) is 41.7 Å². The molecule has 0 aliphatic heterocycles. The number of hydrogen-bond acceptors (Lipinski definition) is 4. The molecule has 0 unspecified atom stereocenters. The Kier molecular flexibility index (Phi) is 3.43. The predicted molar refractivity (Wildman–Crippen MR) is 67.8 cm³/mol. The van der Waals surface area contributed by atoms with Gasteiger partial charge in [-0.05, 0) is 6.92 Å². The second kappa shape index (κ2) is 5.01. The number of amides is 1. The zero-order chi connectivity index (χ0) is 13.1. The van der Waals surface area contributed by atoms with Gasteiger partial charge in [-0.3, -0.25) is 10.2 Å². The van der Waals surface area contributed by atoms with Crippen LogP contribution in [0.3, 0.4) is 0 Å². The van der Waals surface area contributed by atoms with Gasteiger partial charge in [0.25, 0.3) is 5.91 Å². The number of carbonyl (C=O) groups excluding carboxylic acids is 1. The molecule has 0 bridgehead atoms. The van der Waals surface area contributed by atoms with Gasteiger partial charge in [0.1, 0.15) is 17.0 Å². The zero-order valence-corrected chi connectivity index (χ0v) is 10.6. The third-order valence-electron chi connectivity index (χ3n) is 2.46. The Morgan fingerprint density at radius 3 is 2.56 bits per heavy atom. The first-order valence-electron chi connectivity index (χ1n) is 5.59. The highest BCUT2D eigenvalue weighted by atomic mass is 16.5. The molecule has 0 saturated heterocycles. The second-order valence-corrected chi connectivity index (χ2v) is 4.16. The van der Waals surface area contributed by atoms with E-state index >= 15 is 0 Å². The van der Waals surface area contributed by atoms with Crippen molar-refractivity contribution in [3.8, 4) is 11.3 Å². The van der Waals surface area contributed by atoms with Gasteiger partial charge in [-0.25, -0.2) is 5.01 Å². The number of hydrazine groups is 1. The lowest BCUT2D eigenvalue weighted by Gasteiger charge is -2.11. The standard InChI is InChI=1S/C13H15N3O2/c1-9-11(13(17)14-16(2)3)12(15-18-9)10-7-5-4-6-8-10/h4-8H,1-3H3,(H,14,17). The summed E-state index contributed by atoms with van der Waals surface area (Å²) in [5.74, 6) is 0.283. The monoisotopic (exact) mass is 245 g/mol. The third-order valence-corrected chi connectivity index (χ3v) is 2.46. The van der Waals surface area contributed by atoms with Crippen LogP contribution in [0.5, 0.6) is 0 Å². The topological polar surface area (TPSA) is 58.4 Å². The molecular formula is C13H15N3O2. The predicted octanol–water partition coefficient (Wildman–Crippen LogP) is 1.86. The number of benzene rings is 1. The fourth-order valence-electron chi connectivity index (χ4n) is 1.69. The molecule has 1 N–H and O–H groups in total. The van der Waals surface area contributed by atoms with Crippen LogP contribution in [0.25, 0.3) is 11.3 Å². The molecular weight excluding hydrogens is 230 g/mol. The summed E-state index contributed by atoms with van der Waals surface area (Å²) >= 11 is 0. The number of nitrogens with zero attached hydrogens (tertiary/aromatic N) is 2. The molecule has 0 radical (unpaired) electrons. The third kappa shape index (κ3) is 2.41. The van der Waals surface area contributed by atoms with E-state index in [1.54, 1.807) is 26.0 Å². The Morgan fingerprint density at radius 1 is 1.28 bits per heavy atom. The Hall–Kier alpha value is -2.14. The summed E-state index contributed by atoms with van der Waals surface area (Å²) in [6.45, 7) is 1.73. The van der Waals surface area contributed by atoms with Crippen LogP contribution in [0.1, 0.15) is 16.1 Å². The van der Waals surface area contributed by atoms with Gasteiger partial charge >= 0.3 is 0 Å². The van der Waals surface area contributed by atoms with Gasteiger partial charge in [-0.1, -0.05) is 35.5 Å². The van der Waals surface area contributed by atoms with Crippen LogP contribution in [0.15, 0.2) is 34.9 Å². The van der Waals surface area contributed by atoms with Crippen molar-refractivity contribution >= 4 is 5.91 Å². The largest absolute Gasteiger partial charge is 0.360 e. The molecule has 0 fully saturated rings. The smallest absolute Gasteiger partial charge is 0.271 e. The average Bonchev–Trinajstić information content (AvgIpc) is 2.71. The molecule has 0 spiro atoms. The molecule has 2 aromatic rings. The molecule has 5 heteroatoms. The summed E-state index contributed by atoms with van der Waals surface area (Å²) in [5, 5.41) is 5.55. The van der Waals surface area contributed by atoms with Gasteiger partial charge in [-0.2, -0.15) is 0 Å². The van der Waals surface area contributed by atoms with E-state index < -0.39 is 0 Å². The van der Waals surface area contributed by atoms with Crippen molar-refractivity contribution in [2.75, 3.05) is 14.1 Å². The summed E-state index contributed by atoms with van der Waals surface area (Å²) in [4.78, 5) is 12.1. The Labute approximate surface area is 105 Å². The van der Waals surface area contributed by atoms with E-state index in [1.165, 1.54) is 0 Å². The molecule has 1 heterocycles. The lowest BCUT2D eigenvalue weighted by Crippen LogP contribution is -2.36. The average molecular weight is 245 g/mol. The summed E-state index contributed by atoms with van der Waals surface area (Å²) in [5.41, 5.74) is 4.58. The minimum absolute atomic E-state index is 0.224. The molecule has 1 aromatic carbocycles. The number of aromatic nitrogens is 1. The summed E-state index contributed by atoms with van der Waals surface area (Å²) in [6.07, 6.45) is 0. The fraction of sp³-hybridized carbons (Fsp3) is 0.231. The first-order chi connectivity index (χ1) is 8.59. The zero-order valence-electron chi connectivity index (χ0n) is 10.6. The molecule has 5 nitrogen and oxygen atoms in total. The number of hydrogen-bond donors (Lipinski definition) is 1. The van der Waals surface area contributed by atoms with Crippen molar-refractivity contribution in [2.24, 2.45) is 0 Å². The second-order valence-electron chi connectivity index (χ2n) is 4.16. The molecule has 1 aromatic heterocycles. The maximum Gasteiger partial charge on any atom is 0.271 e. The molecule has 18 heavy (non-hydrogen) atoms. The molecule has 2 rings (SSSR count). The summed E-state index contributed by atoms with van der Waals surface area (Å²) < 4.78 is 5.12. The quantitative estimate of drug-likeness (QED) is 0.838. The van der Waals surface area contributed by atoms with E-state index in [4.69, 9.17) is 4.52 Å². The number of aryl methyl sites for hydroxylation is 1. The molecule has 0 aliphatic carbocycles. The van der Waals surface area contributed by atoms with Crippen LogP contribution in [0.4, 0.5) is 0 Å². The highest BCUT2D eigenvalue weighted by molar-refractivity contribution is 6.00. The van der Waals surface area contributed by atoms with E-state index in [2.05, 4.69) is 10.6 Å². The minimum Gasteiger partial charge on any atom is -0.360 e. The van der Waals surface area contributed by atoms with Crippen molar-refractivity contribution < 1.29 is 9.32 Å². The van der Waals surface area contributed by atoms with E-state index in [0.717, 1.165) is 5.56 Å². The van der Waals surface area contributed by atoms with Gasteiger partial charge < -0.3 is 4.52 Å². The van der Waals surface area contributed by atoms with Crippen LogP contribution >= 0.6 is 0 Å². The van der Waals surface area contributed by atoms with Gasteiger partial charge in [0.05, 0.1) is 0 Å². The van der Waals surface area contributed by atoms with Gasteiger partial charge in [0.15, 0.2) is 0 Å². The van der Waals surface area contributed by atoms with Gasteiger partial charge in [0, 0.05) is 19.7 Å². The first kappa shape index (κ1) is 12.3. The van der Waals surface area contributed by atoms with Crippen LogP contribution in [0, 0.1) is 6.92 Å². The van der Waals surface area contributed by atoms with Crippen LogP contribution < -0.4 is 5.43 Å². The Bertz CT molecular complexity index is 547. The van der Waals surface area contributed by atoms with Crippen LogP contribution in [0.2, 0.25) is 0 Å². The molecule has 0 saturated carbocycles. The Morgan fingerprint density at radius 2 is 1.94 bits per heavy atom. The molecule has 94 valence electrons. The van der Waals surface area contributed by atoms with Gasteiger partial charge in [0.2, 0.25) is 0 Å². The van der Waals surface area contributed by atoms with E-state index in [-0.39, 0.29) is 5.91 Å². The highest BCUT2D eigenvalue weighted by Gasteiger charge is 2.21. The maximum atomic E-state index is 12.1. The first-order valence-corrected chi connectivity index (χ1v) is 5.59. The molecule has 0 aliphatic rings. The fourth-order valence-corrected chi connectivity index (χ4v) is 1.69.